The number of rotatable bonds is 4. The van der Waals surface area contributed by atoms with E-state index in [0.717, 1.165) is 26.9 Å². The summed E-state index contributed by atoms with van der Waals surface area (Å²) in [7, 11) is 0. The molecule has 3 N–H and O–H groups in total. The highest BCUT2D eigenvalue weighted by Crippen LogP contribution is 2.32. The molecule has 3 heteroatoms. The Bertz CT molecular complexity index is 2840. The van der Waals surface area contributed by atoms with E-state index in [2.05, 4.69) is 209 Å². The molecule has 10 rings (SSSR count). The molecule has 0 bridgehead atoms. The quantitative estimate of drug-likeness (QED) is 0.175. The van der Waals surface area contributed by atoms with Gasteiger partial charge >= 0.3 is 0 Å². The van der Waals surface area contributed by atoms with E-state index in [1.807, 2.05) is 30.3 Å². The number of anilines is 3. The average Bonchev–Trinajstić information content (AvgIpc) is 3.25. The van der Waals surface area contributed by atoms with Crippen molar-refractivity contribution in [2.24, 2.45) is 0 Å². The third-order valence-corrected chi connectivity index (χ3v) is 10.4. The Hall–Kier alpha value is -6.68. The monoisotopic (exact) mass is 770 g/mol. The van der Waals surface area contributed by atoms with Crippen LogP contribution in [-0.2, 0) is 0 Å². The summed E-state index contributed by atoms with van der Waals surface area (Å²) < 4.78 is 1.11. The summed E-state index contributed by atoms with van der Waals surface area (Å²) in [6.07, 6.45) is 0. The van der Waals surface area contributed by atoms with Crippen molar-refractivity contribution in [2.75, 3.05) is 11.1 Å². The summed E-state index contributed by atoms with van der Waals surface area (Å²) >= 11 is 3.47. The van der Waals surface area contributed by atoms with E-state index >= 15 is 0 Å². The zero-order valence-electron chi connectivity index (χ0n) is 30.2. The molecule has 0 amide bonds. The first-order valence-corrected chi connectivity index (χ1v) is 19.2. The van der Waals surface area contributed by atoms with Crippen molar-refractivity contribution >= 4 is 76.1 Å². The van der Waals surface area contributed by atoms with Gasteiger partial charge in [-0.15, -0.1) is 0 Å². The van der Waals surface area contributed by atoms with E-state index in [1.54, 1.807) is 0 Å². The molecule has 0 aliphatic heterocycles. The number of halogens is 1. The SMILES string of the molecule is Brc1ccc(-c2cccc3ccccc23)cc1.Nc1cccc2ccccc12.c1ccc2c(Nc3ccc(-c4cccc5ccccc45)cc3)cccc2c1. The maximum absolute atomic E-state index is 5.76. The Kier molecular flexibility index (Phi) is 10.6. The lowest BCUT2D eigenvalue weighted by Crippen LogP contribution is -1.91. The lowest BCUT2D eigenvalue weighted by Gasteiger charge is -2.11. The molecule has 0 unspecified atom stereocenters. The van der Waals surface area contributed by atoms with E-state index < -0.39 is 0 Å². The maximum atomic E-state index is 5.76. The summed E-state index contributed by atoms with van der Waals surface area (Å²) in [6, 6.07) is 75.9. The molecule has 0 radical (unpaired) electrons. The van der Waals surface area contributed by atoms with Crippen LogP contribution in [0.25, 0.3) is 65.3 Å². The number of benzene rings is 10. The average molecular weight is 772 g/mol. The fourth-order valence-corrected chi connectivity index (χ4v) is 7.32. The van der Waals surface area contributed by atoms with Gasteiger partial charge in [-0.25, -0.2) is 0 Å². The molecule has 10 aromatic rings. The maximum Gasteiger partial charge on any atom is 0.0463 e. The largest absolute Gasteiger partial charge is 0.398 e. The molecule has 0 aliphatic rings. The third-order valence-electron chi connectivity index (χ3n) is 9.82. The minimum atomic E-state index is 0.850. The van der Waals surface area contributed by atoms with Gasteiger partial charge in [-0.05, 0) is 91.0 Å². The predicted molar refractivity (Wildman–Crippen MR) is 242 cm³/mol. The van der Waals surface area contributed by atoms with Crippen molar-refractivity contribution < 1.29 is 0 Å². The van der Waals surface area contributed by atoms with E-state index in [1.165, 1.54) is 60.0 Å². The molecule has 0 fully saturated rings. The summed E-state index contributed by atoms with van der Waals surface area (Å²) in [6.45, 7) is 0. The lowest BCUT2D eigenvalue weighted by molar-refractivity contribution is 1.57. The summed E-state index contributed by atoms with van der Waals surface area (Å²) in [5.41, 5.74) is 13.9. The normalized spacial score (nSPS) is 10.7. The molecule has 0 aromatic heterocycles. The summed E-state index contributed by atoms with van der Waals surface area (Å²) in [5.74, 6) is 0. The second-order valence-electron chi connectivity index (χ2n) is 13.4. The van der Waals surface area contributed by atoms with Gasteiger partial charge in [0.2, 0.25) is 0 Å². The Morgan fingerprint density at radius 1 is 0.327 bits per heavy atom. The second-order valence-corrected chi connectivity index (χ2v) is 14.3. The first-order valence-electron chi connectivity index (χ1n) is 18.4. The number of nitrogen functional groups attached to an aromatic ring is 1. The highest BCUT2D eigenvalue weighted by molar-refractivity contribution is 9.10. The van der Waals surface area contributed by atoms with Crippen molar-refractivity contribution in [1.29, 1.82) is 0 Å². The van der Waals surface area contributed by atoms with Gasteiger partial charge < -0.3 is 11.1 Å². The van der Waals surface area contributed by atoms with E-state index in [0.29, 0.717) is 0 Å². The fourth-order valence-electron chi connectivity index (χ4n) is 7.06. The zero-order valence-corrected chi connectivity index (χ0v) is 31.8. The van der Waals surface area contributed by atoms with E-state index in [4.69, 9.17) is 5.73 Å². The Labute approximate surface area is 330 Å². The van der Waals surface area contributed by atoms with Crippen molar-refractivity contribution in [3.05, 3.63) is 223 Å². The summed E-state index contributed by atoms with van der Waals surface area (Å²) in [4.78, 5) is 0. The molecule has 0 heterocycles. The van der Waals surface area contributed by atoms with Gasteiger partial charge in [0.25, 0.3) is 0 Å². The van der Waals surface area contributed by atoms with Crippen molar-refractivity contribution in [3.63, 3.8) is 0 Å². The van der Waals surface area contributed by atoms with E-state index in [9.17, 15) is 0 Å². The van der Waals surface area contributed by atoms with Gasteiger partial charge in [0, 0.05) is 32.3 Å². The molecule has 0 saturated heterocycles. The van der Waals surface area contributed by atoms with Crippen LogP contribution in [0.3, 0.4) is 0 Å². The van der Waals surface area contributed by atoms with E-state index in [-0.39, 0.29) is 0 Å². The third kappa shape index (κ3) is 8.13. The molecule has 264 valence electrons. The van der Waals surface area contributed by atoms with Crippen LogP contribution in [0.5, 0.6) is 0 Å². The first kappa shape index (κ1) is 35.4. The Balaban J connectivity index is 0.000000130. The van der Waals surface area contributed by atoms with Crippen LogP contribution >= 0.6 is 15.9 Å². The van der Waals surface area contributed by atoms with Crippen molar-refractivity contribution in [1.82, 2.24) is 0 Å². The number of hydrogen-bond acceptors (Lipinski definition) is 2. The van der Waals surface area contributed by atoms with Crippen LogP contribution in [0.1, 0.15) is 0 Å². The van der Waals surface area contributed by atoms with Gasteiger partial charge in [0.15, 0.2) is 0 Å². The highest BCUT2D eigenvalue weighted by atomic mass is 79.9. The molecule has 0 aliphatic carbocycles. The molecule has 10 aromatic carbocycles. The lowest BCUT2D eigenvalue weighted by atomic mass is 9.98. The molecular formula is C52H39BrN2. The van der Waals surface area contributed by atoms with Crippen LogP contribution in [0, 0.1) is 0 Å². The van der Waals surface area contributed by atoms with Crippen molar-refractivity contribution in [3.8, 4) is 22.3 Å². The summed E-state index contributed by atoms with van der Waals surface area (Å²) in [5, 5.41) is 13.5. The van der Waals surface area contributed by atoms with Gasteiger partial charge in [-0.3, -0.25) is 0 Å². The number of hydrogen-bond donors (Lipinski definition) is 2. The molecular weight excluding hydrogens is 732 g/mol. The van der Waals surface area contributed by atoms with Crippen LogP contribution in [0.2, 0.25) is 0 Å². The minimum Gasteiger partial charge on any atom is -0.398 e. The van der Waals surface area contributed by atoms with Crippen LogP contribution < -0.4 is 11.1 Å². The Morgan fingerprint density at radius 2 is 0.709 bits per heavy atom. The standard InChI is InChI=1S/C26H19N.C16H11Br.C10H9N/c1-3-11-23-19(7-1)9-5-13-24(23)21-15-17-22(18-16-21)27-26-14-6-10-20-8-2-4-12-25(20)26;17-14-10-8-13(9-11-14)16-7-3-5-12-4-1-2-6-15(12)16;11-10-7-3-5-8-4-1-2-6-9(8)10/h1-18,27H;1-11H;1-7H,11H2. The fraction of sp³-hybridized carbons (Fsp3) is 0. The minimum absolute atomic E-state index is 0.850. The van der Waals surface area contributed by atoms with Gasteiger partial charge in [0.1, 0.15) is 0 Å². The van der Waals surface area contributed by atoms with Gasteiger partial charge in [0.05, 0.1) is 0 Å². The van der Waals surface area contributed by atoms with Gasteiger partial charge in [-0.1, -0.05) is 198 Å². The molecule has 0 spiro atoms. The predicted octanol–water partition coefficient (Wildman–Crippen LogP) is 15.1. The van der Waals surface area contributed by atoms with Crippen LogP contribution in [0.15, 0.2) is 223 Å². The second kappa shape index (κ2) is 16.6. The molecule has 2 nitrogen and oxygen atoms in total. The van der Waals surface area contributed by atoms with Crippen molar-refractivity contribution in [2.45, 2.75) is 0 Å². The molecule has 0 saturated carbocycles. The molecule has 55 heavy (non-hydrogen) atoms. The highest BCUT2D eigenvalue weighted by Gasteiger charge is 2.06. The first-order chi connectivity index (χ1) is 27.1. The Morgan fingerprint density at radius 3 is 1.24 bits per heavy atom. The number of nitrogens with one attached hydrogen (secondary N) is 1. The number of fused-ring (bicyclic) bond motifs is 4. The van der Waals surface area contributed by atoms with Crippen LogP contribution in [-0.4, -0.2) is 0 Å². The zero-order chi connectivity index (χ0) is 37.4. The van der Waals surface area contributed by atoms with Gasteiger partial charge in [-0.2, -0.15) is 0 Å². The smallest absolute Gasteiger partial charge is 0.0463 e. The number of nitrogens with two attached hydrogens (primary N) is 1. The topological polar surface area (TPSA) is 38.0 Å². The van der Waals surface area contributed by atoms with Crippen LogP contribution in [0.4, 0.5) is 17.1 Å². The molecule has 0 atom stereocenters.